The van der Waals surface area contributed by atoms with Crippen molar-refractivity contribution in [3.05, 3.63) is 77.2 Å². The summed E-state index contributed by atoms with van der Waals surface area (Å²) >= 11 is 6.11. The summed E-state index contributed by atoms with van der Waals surface area (Å²) in [6, 6.07) is 14.1. The Morgan fingerprint density at radius 2 is 1.82 bits per heavy atom. The minimum atomic E-state index is -0.209. The SMILES string of the molecule is CC(=O)N(c1ccnc(C)c1)c1cc(NC(=O)Cc2ccccc2Cl)ccn1. The Morgan fingerprint density at radius 1 is 1.07 bits per heavy atom. The molecule has 2 amide bonds. The molecule has 3 rings (SSSR count). The molecule has 0 spiro atoms. The number of benzene rings is 1. The van der Waals surface area contributed by atoms with Gasteiger partial charge in [-0.15, -0.1) is 0 Å². The fraction of sp³-hybridized carbons (Fsp3) is 0.143. The number of hydrogen-bond acceptors (Lipinski definition) is 4. The lowest BCUT2D eigenvalue weighted by atomic mass is 10.1. The number of rotatable bonds is 5. The predicted molar refractivity (Wildman–Crippen MR) is 110 cm³/mol. The van der Waals surface area contributed by atoms with Crippen LogP contribution in [0.4, 0.5) is 17.2 Å². The molecule has 1 aromatic carbocycles. The van der Waals surface area contributed by atoms with E-state index >= 15 is 0 Å². The summed E-state index contributed by atoms with van der Waals surface area (Å²) in [5, 5.41) is 3.37. The van der Waals surface area contributed by atoms with Crippen LogP contribution in [0, 0.1) is 6.92 Å². The summed E-state index contributed by atoms with van der Waals surface area (Å²) in [6.07, 6.45) is 3.33. The molecule has 7 heteroatoms. The summed E-state index contributed by atoms with van der Waals surface area (Å²) in [4.78, 5) is 34.5. The van der Waals surface area contributed by atoms with Crippen molar-refractivity contribution < 1.29 is 9.59 Å². The highest BCUT2D eigenvalue weighted by atomic mass is 35.5. The monoisotopic (exact) mass is 394 g/mol. The van der Waals surface area contributed by atoms with Crippen molar-refractivity contribution in [3.8, 4) is 0 Å². The topological polar surface area (TPSA) is 75.2 Å². The summed E-state index contributed by atoms with van der Waals surface area (Å²) in [5.74, 6) is 0.00525. The molecule has 1 N–H and O–H groups in total. The molecule has 0 aliphatic heterocycles. The molecule has 28 heavy (non-hydrogen) atoms. The predicted octanol–water partition coefficient (Wildman–Crippen LogP) is 4.30. The zero-order chi connectivity index (χ0) is 20.1. The number of carbonyl (C=O) groups excluding carboxylic acids is 2. The zero-order valence-electron chi connectivity index (χ0n) is 15.5. The van der Waals surface area contributed by atoms with E-state index in [2.05, 4.69) is 15.3 Å². The lowest BCUT2D eigenvalue weighted by Gasteiger charge is -2.21. The summed E-state index contributed by atoms with van der Waals surface area (Å²) in [5.41, 5.74) is 2.73. The van der Waals surface area contributed by atoms with Gasteiger partial charge < -0.3 is 5.32 Å². The molecule has 0 radical (unpaired) electrons. The third kappa shape index (κ3) is 4.72. The smallest absolute Gasteiger partial charge is 0.229 e. The molecule has 0 aliphatic rings. The van der Waals surface area contributed by atoms with Crippen molar-refractivity contribution in [2.24, 2.45) is 0 Å². The van der Waals surface area contributed by atoms with Crippen molar-refractivity contribution in [2.45, 2.75) is 20.3 Å². The molecule has 0 atom stereocenters. The Balaban J connectivity index is 1.81. The molecule has 142 valence electrons. The van der Waals surface area contributed by atoms with Crippen molar-refractivity contribution in [1.82, 2.24) is 9.97 Å². The first-order chi connectivity index (χ1) is 13.4. The van der Waals surface area contributed by atoms with Crippen LogP contribution in [-0.2, 0) is 16.0 Å². The van der Waals surface area contributed by atoms with Gasteiger partial charge in [-0.3, -0.25) is 19.5 Å². The third-order valence-electron chi connectivity index (χ3n) is 4.02. The van der Waals surface area contributed by atoms with E-state index < -0.39 is 0 Å². The second-order valence-electron chi connectivity index (χ2n) is 6.23. The largest absolute Gasteiger partial charge is 0.326 e. The van der Waals surface area contributed by atoms with Gasteiger partial charge in [0.05, 0.1) is 12.1 Å². The first kappa shape index (κ1) is 19.5. The first-order valence-corrected chi connectivity index (χ1v) is 9.04. The van der Waals surface area contributed by atoms with Gasteiger partial charge in [0.15, 0.2) is 0 Å². The maximum atomic E-state index is 12.4. The van der Waals surface area contributed by atoms with Gasteiger partial charge in [-0.1, -0.05) is 29.8 Å². The van der Waals surface area contributed by atoms with Gasteiger partial charge in [-0.05, 0) is 36.8 Å². The van der Waals surface area contributed by atoms with E-state index in [-0.39, 0.29) is 18.2 Å². The van der Waals surface area contributed by atoms with Crippen LogP contribution in [0.25, 0.3) is 0 Å². The van der Waals surface area contributed by atoms with E-state index in [1.54, 1.807) is 42.7 Å². The number of nitrogens with zero attached hydrogens (tertiary/aromatic N) is 3. The van der Waals surface area contributed by atoms with E-state index in [1.165, 1.54) is 11.8 Å². The Morgan fingerprint density at radius 3 is 2.54 bits per heavy atom. The molecule has 0 saturated heterocycles. The Kier molecular flexibility index (Phi) is 6.01. The quantitative estimate of drug-likeness (QED) is 0.699. The van der Waals surface area contributed by atoms with Crippen LogP contribution in [0.2, 0.25) is 5.02 Å². The van der Waals surface area contributed by atoms with Gasteiger partial charge in [-0.2, -0.15) is 0 Å². The highest BCUT2D eigenvalue weighted by molar-refractivity contribution is 6.31. The Bertz CT molecular complexity index is 1020. The first-order valence-electron chi connectivity index (χ1n) is 8.66. The number of halogens is 1. The summed E-state index contributed by atoms with van der Waals surface area (Å²) < 4.78 is 0. The second kappa shape index (κ2) is 8.63. The molecular weight excluding hydrogens is 376 g/mol. The maximum absolute atomic E-state index is 12.4. The average molecular weight is 395 g/mol. The normalized spacial score (nSPS) is 10.4. The van der Waals surface area contributed by atoms with Gasteiger partial charge in [0.2, 0.25) is 11.8 Å². The van der Waals surface area contributed by atoms with Crippen LogP contribution in [-0.4, -0.2) is 21.8 Å². The fourth-order valence-corrected chi connectivity index (χ4v) is 2.99. The van der Waals surface area contributed by atoms with E-state index in [4.69, 9.17) is 11.6 Å². The van der Waals surface area contributed by atoms with Crippen LogP contribution in [0.1, 0.15) is 18.2 Å². The van der Waals surface area contributed by atoms with Crippen molar-refractivity contribution in [3.63, 3.8) is 0 Å². The van der Waals surface area contributed by atoms with Gasteiger partial charge in [0, 0.05) is 41.8 Å². The number of pyridine rings is 2. The van der Waals surface area contributed by atoms with Gasteiger partial charge in [-0.25, -0.2) is 4.98 Å². The van der Waals surface area contributed by atoms with Crippen LogP contribution in [0.5, 0.6) is 0 Å². The van der Waals surface area contributed by atoms with E-state index in [9.17, 15) is 9.59 Å². The zero-order valence-corrected chi connectivity index (χ0v) is 16.3. The molecule has 2 heterocycles. The second-order valence-corrected chi connectivity index (χ2v) is 6.64. The molecule has 3 aromatic rings. The number of aryl methyl sites for hydroxylation is 1. The van der Waals surface area contributed by atoms with Crippen LogP contribution in [0.15, 0.2) is 60.9 Å². The van der Waals surface area contributed by atoms with Crippen LogP contribution >= 0.6 is 11.6 Å². The van der Waals surface area contributed by atoms with Gasteiger partial charge >= 0.3 is 0 Å². The highest BCUT2D eigenvalue weighted by Crippen LogP contribution is 2.26. The maximum Gasteiger partial charge on any atom is 0.229 e. The summed E-state index contributed by atoms with van der Waals surface area (Å²) in [6.45, 7) is 3.31. The van der Waals surface area contributed by atoms with Gasteiger partial charge in [0.1, 0.15) is 5.82 Å². The number of nitrogens with one attached hydrogen (secondary N) is 1. The van der Waals surface area contributed by atoms with Crippen molar-refractivity contribution in [2.75, 3.05) is 10.2 Å². The number of aromatic nitrogens is 2. The standard InChI is InChI=1S/C21H19ClN4O2/c1-14-11-18(8-10-23-14)26(15(2)27)20-13-17(7-9-24-20)25-21(28)12-16-5-3-4-6-19(16)22/h3-11,13H,12H2,1-2H3,(H,24,25,28). The summed E-state index contributed by atoms with van der Waals surface area (Å²) in [7, 11) is 0. The minimum Gasteiger partial charge on any atom is -0.326 e. The fourth-order valence-electron chi connectivity index (χ4n) is 2.78. The highest BCUT2D eigenvalue weighted by Gasteiger charge is 2.17. The number of carbonyl (C=O) groups is 2. The molecule has 0 aliphatic carbocycles. The number of hydrogen-bond donors (Lipinski definition) is 1. The molecule has 0 saturated carbocycles. The Hall–Kier alpha value is -3.25. The van der Waals surface area contributed by atoms with E-state index in [1.807, 2.05) is 25.1 Å². The number of amides is 2. The van der Waals surface area contributed by atoms with Gasteiger partial charge in [0.25, 0.3) is 0 Å². The van der Waals surface area contributed by atoms with Crippen molar-refractivity contribution in [1.29, 1.82) is 0 Å². The Labute approximate surface area is 168 Å². The average Bonchev–Trinajstić information content (AvgIpc) is 2.64. The lowest BCUT2D eigenvalue weighted by Crippen LogP contribution is -2.24. The molecule has 0 bridgehead atoms. The minimum absolute atomic E-state index is 0.150. The van der Waals surface area contributed by atoms with E-state index in [0.29, 0.717) is 22.2 Å². The van der Waals surface area contributed by atoms with Crippen LogP contribution in [0.3, 0.4) is 0 Å². The van der Waals surface area contributed by atoms with Crippen molar-refractivity contribution >= 4 is 40.6 Å². The van der Waals surface area contributed by atoms with Crippen LogP contribution < -0.4 is 10.2 Å². The molecular formula is C21H19ClN4O2. The molecule has 0 unspecified atom stereocenters. The molecule has 2 aromatic heterocycles. The van der Waals surface area contributed by atoms with E-state index in [0.717, 1.165) is 11.3 Å². The third-order valence-corrected chi connectivity index (χ3v) is 4.39. The number of anilines is 3. The molecule has 0 fully saturated rings. The lowest BCUT2D eigenvalue weighted by molar-refractivity contribution is -0.116. The molecule has 6 nitrogen and oxygen atoms in total.